The Hall–Kier alpha value is -3.11. The molecule has 1 atom stereocenters. The number of hydrogen-bond acceptors (Lipinski definition) is 7. The molecule has 1 unspecified atom stereocenters. The molecule has 2 aromatic rings. The molecular weight excluding hydrogens is 440 g/mol. The van der Waals surface area contributed by atoms with Gasteiger partial charge in [0, 0.05) is 39.0 Å². The van der Waals surface area contributed by atoms with Gasteiger partial charge in [-0.15, -0.1) is 0 Å². The predicted octanol–water partition coefficient (Wildman–Crippen LogP) is 2.02. The van der Waals surface area contributed by atoms with Gasteiger partial charge in [-0.2, -0.15) is 0 Å². The van der Waals surface area contributed by atoms with Gasteiger partial charge in [-0.1, -0.05) is 13.8 Å². The molecule has 0 spiro atoms. The zero-order valence-corrected chi connectivity index (χ0v) is 20.0. The van der Waals surface area contributed by atoms with E-state index < -0.39 is 17.2 Å². The summed E-state index contributed by atoms with van der Waals surface area (Å²) in [6.45, 7) is 5.97. The number of nitrogens with two attached hydrogens (primary N) is 1. The number of ether oxygens (including phenoxy) is 3. The van der Waals surface area contributed by atoms with Gasteiger partial charge >= 0.3 is 5.69 Å². The monoisotopic (exact) mass is 474 g/mol. The van der Waals surface area contributed by atoms with Gasteiger partial charge in [0.1, 0.15) is 18.2 Å². The minimum absolute atomic E-state index is 0.0373. The Bertz CT molecular complexity index is 1070. The number of benzene rings is 1. The largest absolute Gasteiger partial charge is 0.491 e. The van der Waals surface area contributed by atoms with Crippen molar-refractivity contribution in [3.8, 4) is 5.75 Å². The molecular formula is C24H34N4O6. The minimum Gasteiger partial charge on any atom is -0.491 e. The van der Waals surface area contributed by atoms with Crippen molar-refractivity contribution in [2.45, 2.75) is 45.8 Å². The Kier molecular flexibility index (Phi) is 8.89. The van der Waals surface area contributed by atoms with Gasteiger partial charge in [0.2, 0.25) is 0 Å². The first-order valence-electron chi connectivity index (χ1n) is 11.6. The maximum absolute atomic E-state index is 13.5. The van der Waals surface area contributed by atoms with Crippen LogP contribution in [-0.4, -0.2) is 55.0 Å². The average molecular weight is 475 g/mol. The van der Waals surface area contributed by atoms with Crippen LogP contribution < -0.4 is 26.6 Å². The highest BCUT2D eigenvalue weighted by Gasteiger charge is 2.25. The van der Waals surface area contributed by atoms with E-state index in [1.165, 1.54) is 9.47 Å². The number of hydrogen-bond donors (Lipinski definition) is 2. The van der Waals surface area contributed by atoms with E-state index in [0.717, 1.165) is 19.4 Å². The van der Waals surface area contributed by atoms with Crippen molar-refractivity contribution in [2.75, 3.05) is 44.1 Å². The van der Waals surface area contributed by atoms with Crippen molar-refractivity contribution in [3.63, 3.8) is 0 Å². The van der Waals surface area contributed by atoms with Crippen molar-refractivity contribution in [1.29, 1.82) is 0 Å². The molecule has 0 radical (unpaired) electrons. The van der Waals surface area contributed by atoms with Gasteiger partial charge in [0.25, 0.3) is 11.5 Å². The Morgan fingerprint density at radius 3 is 2.65 bits per heavy atom. The Morgan fingerprint density at radius 1 is 1.29 bits per heavy atom. The fourth-order valence-corrected chi connectivity index (χ4v) is 3.88. The second-order valence-corrected chi connectivity index (χ2v) is 8.77. The summed E-state index contributed by atoms with van der Waals surface area (Å²) in [5.74, 6) is 0.290. The van der Waals surface area contributed by atoms with Gasteiger partial charge < -0.3 is 24.8 Å². The number of amides is 1. The maximum Gasteiger partial charge on any atom is 0.330 e. The molecule has 1 aromatic heterocycles. The maximum atomic E-state index is 13.5. The molecule has 1 fully saturated rings. The second-order valence-electron chi connectivity index (χ2n) is 8.77. The first-order chi connectivity index (χ1) is 16.3. The van der Waals surface area contributed by atoms with E-state index in [4.69, 9.17) is 19.9 Å². The van der Waals surface area contributed by atoms with Crippen LogP contribution in [0.2, 0.25) is 0 Å². The highest BCUT2D eigenvalue weighted by molar-refractivity contribution is 6.07. The van der Waals surface area contributed by atoms with Crippen LogP contribution in [0.25, 0.3) is 0 Å². The smallest absolute Gasteiger partial charge is 0.330 e. The fraction of sp³-hybridized carbons (Fsp3) is 0.542. The lowest BCUT2D eigenvalue weighted by atomic mass is 10.1. The van der Waals surface area contributed by atoms with Crippen molar-refractivity contribution >= 4 is 17.4 Å². The highest BCUT2D eigenvalue weighted by Crippen LogP contribution is 2.22. The normalized spacial score (nSPS) is 15.6. The van der Waals surface area contributed by atoms with E-state index in [-0.39, 0.29) is 30.1 Å². The van der Waals surface area contributed by atoms with Gasteiger partial charge in [-0.3, -0.25) is 19.1 Å². The van der Waals surface area contributed by atoms with Crippen molar-refractivity contribution in [2.24, 2.45) is 5.92 Å². The van der Waals surface area contributed by atoms with Crippen LogP contribution in [0.5, 0.6) is 5.75 Å². The third-order valence-corrected chi connectivity index (χ3v) is 5.57. The molecule has 3 N–H and O–H groups in total. The van der Waals surface area contributed by atoms with Gasteiger partial charge in [0.05, 0.1) is 6.10 Å². The van der Waals surface area contributed by atoms with Gasteiger partial charge in [-0.05, 0) is 49.4 Å². The molecule has 186 valence electrons. The second kappa shape index (κ2) is 11.8. The zero-order chi connectivity index (χ0) is 24.7. The average Bonchev–Trinajstić information content (AvgIpc) is 3.33. The molecule has 0 bridgehead atoms. The van der Waals surface area contributed by atoms with Crippen molar-refractivity contribution < 1.29 is 19.0 Å². The molecule has 1 amide bonds. The summed E-state index contributed by atoms with van der Waals surface area (Å²) in [7, 11) is 1.56. The fourth-order valence-electron chi connectivity index (χ4n) is 3.88. The summed E-state index contributed by atoms with van der Waals surface area (Å²) in [6.07, 6.45) is 2.58. The molecule has 1 aliphatic rings. The number of anilines is 2. The van der Waals surface area contributed by atoms with Gasteiger partial charge in [0.15, 0.2) is 5.69 Å². The lowest BCUT2D eigenvalue weighted by Crippen LogP contribution is -2.42. The number of carbonyl (C=O) groups excluding carboxylic acids is 1. The molecule has 1 saturated heterocycles. The van der Waals surface area contributed by atoms with E-state index in [9.17, 15) is 14.4 Å². The molecule has 0 aliphatic carbocycles. The van der Waals surface area contributed by atoms with Crippen LogP contribution >= 0.6 is 0 Å². The standard InChI is InChI=1S/C24H34N4O6/c1-16(2)14-28-21(25)20(22(29)26-24(28)31)27(11-5-12-32-3)23(30)17-7-9-18(10-8-17)34-15-19-6-4-13-33-19/h7-10,16,19H,4-6,11-15,25H2,1-3H3,(H,26,29,31). The third-order valence-electron chi connectivity index (χ3n) is 5.57. The number of aromatic amines is 1. The van der Waals surface area contributed by atoms with Crippen molar-refractivity contribution in [1.82, 2.24) is 9.55 Å². The van der Waals surface area contributed by atoms with E-state index >= 15 is 0 Å². The first-order valence-corrected chi connectivity index (χ1v) is 11.6. The summed E-state index contributed by atoms with van der Waals surface area (Å²) >= 11 is 0. The lowest BCUT2D eigenvalue weighted by molar-refractivity contribution is 0.0679. The molecule has 1 aromatic carbocycles. The van der Waals surface area contributed by atoms with Crippen LogP contribution in [0.1, 0.15) is 43.5 Å². The van der Waals surface area contributed by atoms with E-state index in [0.29, 0.717) is 37.5 Å². The van der Waals surface area contributed by atoms with Crippen LogP contribution in [0.4, 0.5) is 11.5 Å². The van der Waals surface area contributed by atoms with Crippen molar-refractivity contribution in [3.05, 3.63) is 50.7 Å². The molecule has 0 saturated carbocycles. The molecule has 2 heterocycles. The third kappa shape index (κ3) is 6.27. The molecule has 3 rings (SSSR count). The number of nitrogens with zero attached hydrogens (tertiary/aromatic N) is 2. The zero-order valence-electron chi connectivity index (χ0n) is 20.0. The van der Waals surface area contributed by atoms with E-state index in [1.807, 2.05) is 13.8 Å². The summed E-state index contributed by atoms with van der Waals surface area (Å²) in [5.41, 5.74) is 5.28. The lowest BCUT2D eigenvalue weighted by Gasteiger charge is -2.25. The van der Waals surface area contributed by atoms with E-state index in [2.05, 4.69) is 4.98 Å². The Morgan fingerprint density at radius 2 is 2.03 bits per heavy atom. The summed E-state index contributed by atoms with van der Waals surface area (Å²) in [5, 5.41) is 0. The number of carbonyl (C=O) groups is 1. The Balaban J connectivity index is 1.88. The number of nitrogen functional groups attached to an aromatic ring is 1. The molecule has 34 heavy (non-hydrogen) atoms. The molecule has 10 heteroatoms. The first kappa shape index (κ1) is 25.5. The van der Waals surface area contributed by atoms with Crippen LogP contribution in [0, 0.1) is 5.92 Å². The summed E-state index contributed by atoms with van der Waals surface area (Å²) < 4.78 is 17.7. The Labute approximate surface area is 198 Å². The number of nitrogens with one attached hydrogen (secondary N) is 1. The SMILES string of the molecule is COCCCN(C(=O)c1ccc(OCC2CCCO2)cc1)c1c(N)n(CC(C)C)c(=O)[nH]c1=O. The highest BCUT2D eigenvalue weighted by atomic mass is 16.5. The minimum atomic E-state index is -0.704. The van der Waals surface area contributed by atoms with Crippen LogP contribution in [0.15, 0.2) is 33.9 Å². The quantitative estimate of drug-likeness (QED) is 0.477. The number of H-pyrrole nitrogens is 1. The molecule has 10 nitrogen and oxygen atoms in total. The molecule has 1 aliphatic heterocycles. The van der Waals surface area contributed by atoms with E-state index in [1.54, 1.807) is 31.4 Å². The van der Waals surface area contributed by atoms with Crippen LogP contribution in [-0.2, 0) is 16.0 Å². The summed E-state index contributed by atoms with van der Waals surface area (Å²) in [4.78, 5) is 42.2. The number of aromatic nitrogens is 2. The topological polar surface area (TPSA) is 129 Å². The summed E-state index contributed by atoms with van der Waals surface area (Å²) in [6, 6.07) is 6.71. The number of rotatable bonds is 11. The van der Waals surface area contributed by atoms with Crippen LogP contribution in [0.3, 0.4) is 0 Å². The van der Waals surface area contributed by atoms with Gasteiger partial charge in [-0.25, -0.2) is 4.79 Å². The predicted molar refractivity (Wildman–Crippen MR) is 130 cm³/mol. The number of methoxy groups -OCH3 is 1.